The largest absolute Gasteiger partial charge is 0.377 e. The Balaban J connectivity index is 1.60. The number of ether oxygens (including phenoxy) is 2. The van der Waals surface area contributed by atoms with E-state index >= 15 is 0 Å². The van der Waals surface area contributed by atoms with Crippen LogP contribution in [0.4, 0.5) is 4.39 Å². The summed E-state index contributed by atoms with van der Waals surface area (Å²) in [7, 11) is 2.18. The molecule has 2 atom stereocenters. The van der Waals surface area contributed by atoms with E-state index in [0.717, 1.165) is 51.4 Å². The van der Waals surface area contributed by atoms with Crippen LogP contribution in [0.5, 0.6) is 0 Å². The van der Waals surface area contributed by atoms with Gasteiger partial charge in [-0.2, -0.15) is 0 Å². The highest BCUT2D eigenvalue weighted by molar-refractivity contribution is 5.16. The molecular formula is C20H31FN2O2. The number of rotatable bonds is 5. The predicted octanol–water partition coefficient (Wildman–Crippen LogP) is 2.77. The van der Waals surface area contributed by atoms with Crippen molar-refractivity contribution in [2.45, 2.75) is 38.5 Å². The summed E-state index contributed by atoms with van der Waals surface area (Å²) in [6, 6.07) is 7.34. The summed E-state index contributed by atoms with van der Waals surface area (Å²) in [5.74, 6) is 0.373. The molecule has 5 heteroatoms. The Morgan fingerprint density at radius 2 is 2.08 bits per heavy atom. The SMILES string of the molecule is CC(C)N(C)C[C@@H]1CO[C@@]2(COCCN(Cc3ccc(F)cc3)C2)C1. The zero-order valence-corrected chi connectivity index (χ0v) is 15.7. The van der Waals surface area contributed by atoms with Crippen LogP contribution in [0.15, 0.2) is 24.3 Å². The highest BCUT2D eigenvalue weighted by Crippen LogP contribution is 2.33. The van der Waals surface area contributed by atoms with E-state index in [9.17, 15) is 4.39 Å². The third kappa shape index (κ3) is 5.00. The topological polar surface area (TPSA) is 24.9 Å². The second-order valence-corrected chi connectivity index (χ2v) is 7.99. The Morgan fingerprint density at radius 3 is 2.80 bits per heavy atom. The van der Waals surface area contributed by atoms with Crippen LogP contribution in [0.25, 0.3) is 0 Å². The van der Waals surface area contributed by atoms with Gasteiger partial charge in [0.25, 0.3) is 0 Å². The first kappa shape index (κ1) is 18.8. The second-order valence-electron chi connectivity index (χ2n) is 7.99. The van der Waals surface area contributed by atoms with Gasteiger partial charge in [-0.3, -0.25) is 4.90 Å². The first-order valence-electron chi connectivity index (χ1n) is 9.34. The molecule has 0 N–H and O–H groups in total. The number of hydrogen-bond donors (Lipinski definition) is 0. The standard InChI is InChI=1S/C20H31FN2O2/c1-16(2)22(3)11-18-10-20(25-13-18)14-23(8-9-24-15-20)12-17-4-6-19(21)7-5-17/h4-7,16,18H,8-15H2,1-3H3/t18-,20+/m1/s1. The molecule has 0 unspecified atom stereocenters. The van der Waals surface area contributed by atoms with E-state index in [1.165, 1.54) is 12.1 Å². The Hall–Kier alpha value is -1.01. The molecule has 1 aromatic carbocycles. The van der Waals surface area contributed by atoms with Gasteiger partial charge in [0.05, 0.1) is 19.8 Å². The van der Waals surface area contributed by atoms with Gasteiger partial charge in [-0.1, -0.05) is 12.1 Å². The molecule has 2 saturated heterocycles. The first-order chi connectivity index (χ1) is 12.0. The summed E-state index contributed by atoms with van der Waals surface area (Å²) in [5.41, 5.74) is 0.937. The Bertz CT molecular complexity index is 551. The molecule has 2 aliphatic heterocycles. The van der Waals surface area contributed by atoms with E-state index < -0.39 is 0 Å². The maximum atomic E-state index is 13.1. The minimum Gasteiger partial charge on any atom is -0.377 e. The fraction of sp³-hybridized carbons (Fsp3) is 0.700. The third-order valence-electron chi connectivity index (χ3n) is 5.46. The summed E-state index contributed by atoms with van der Waals surface area (Å²) in [4.78, 5) is 4.77. The predicted molar refractivity (Wildman–Crippen MR) is 97.1 cm³/mol. The smallest absolute Gasteiger partial charge is 0.123 e. The molecule has 0 radical (unpaired) electrons. The Labute approximate surface area is 150 Å². The quantitative estimate of drug-likeness (QED) is 0.815. The van der Waals surface area contributed by atoms with Crippen LogP contribution in [-0.2, 0) is 16.0 Å². The van der Waals surface area contributed by atoms with E-state index in [1.807, 2.05) is 12.1 Å². The Kier molecular flexibility index (Phi) is 6.10. The zero-order valence-electron chi connectivity index (χ0n) is 15.7. The lowest BCUT2D eigenvalue weighted by molar-refractivity contribution is -0.0563. The van der Waals surface area contributed by atoms with Crippen LogP contribution in [0.2, 0.25) is 0 Å². The van der Waals surface area contributed by atoms with Gasteiger partial charge in [0.1, 0.15) is 11.4 Å². The van der Waals surface area contributed by atoms with Crippen molar-refractivity contribution in [1.82, 2.24) is 9.80 Å². The van der Waals surface area contributed by atoms with Crippen molar-refractivity contribution in [3.8, 4) is 0 Å². The molecule has 0 amide bonds. The average Bonchev–Trinajstić information content (AvgIpc) is 2.84. The number of benzene rings is 1. The molecule has 1 spiro atoms. The molecule has 0 saturated carbocycles. The molecule has 4 nitrogen and oxygen atoms in total. The average molecular weight is 350 g/mol. The van der Waals surface area contributed by atoms with Gasteiger partial charge in [0, 0.05) is 32.2 Å². The summed E-state index contributed by atoms with van der Waals surface area (Å²) in [5, 5.41) is 0. The van der Waals surface area contributed by atoms with Gasteiger partial charge in [-0.25, -0.2) is 4.39 Å². The van der Waals surface area contributed by atoms with Gasteiger partial charge in [-0.15, -0.1) is 0 Å². The second kappa shape index (κ2) is 8.12. The van der Waals surface area contributed by atoms with E-state index in [0.29, 0.717) is 18.6 Å². The fourth-order valence-electron chi connectivity index (χ4n) is 3.85. The summed E-state index contributed by atoms with van der Waals surface area (Å²) in [6.07, 6.45) is 1.05. The molecule has 0 aliphatic carbocycles. The maximum Gasteiger partial charge on any atom is 0.123 e. The molecule has 2 heterocycles. The minimum absolute atomic E-state index is 0.185. The van der Waals surface area contributed by atoms with E-state index in [2.05, 4.69) is 30.7 Å². The molecule has 0 aromatic heterocycles. The minimum atomic E-state index is -0.195. The lowest BCUT2D eigenvalue weighted by Gasteiger charge is -2.31. The van der Waals surface area contributed by atoms with Crippen molar-refractivity contribution in [1.29, 1.82) is 0 Å². The van der Waals surface area contributed by atoms with Crippen molar-refractivity contribution >= 4 is 0 Å². The van der Waals surface area contributed by atoms with Gasteiger partial charge in [-0.05, 0) is 50.9 Å². The highest BCUT2D eigenvalue weighted by Gasteiger charge is 2.43. The first-order valence-corrected chi connectivity index (χ1v) is 9.34. The molecule has 0 bridgehead atoms. The molecule has 25 heavy (non-hydrogen) atoms. The molecule has 1 aromatic rings. The van der Waals surface area contributed by atoms with Crippen LogP contribution in [0.3, 0.4) is 0 Å². The summed E-state index contributed by atoms with van der Waals surface area (Å²) in [6.45, 7) is 10.3. The molecular weight excluding hydrogens is 319 g/mol. The van der Waals surface area contributed by atoms with Crippen LogP contribution >= 0.6 is 0 Å². The lowest BCUT2D eigenvalue weighted by atomic mass is 9.93. The van der Waals surface area contributed by atoms with E-state index in [-0.39, 0.29) is 11.4 Å². The number of hydrogen-bond acceptors (Lipinski definition) is 4. The zero-order chi connectivity index (χ0) is 17.9. The summed E-state index contributed by atoms with van der Waals surface area (Å²) >= 11 is 0. The van der Waals surface area contributed by atoms with Crippen LogP contribution in [-0.4, -0.2) is 67.9 Å². The van der Waals surface area contributed by atoms with Gasteiger partial charge in [0.15, 0.2) is 0 Å². The lowest BCUT2D eigenvalue weighted by Crippen LogP contribution is -2.44. The monoisotopic (exact) mass is 350 g/mol. The van der Waals surface area contributed by atoms with E-state index in [1.54, 1.807) is 0 Å². The number of nitrogens with zero attached hydrogens (tertiary/aromatic N) is 2. The summed E-state index contributed by atoms with van der Waals surface area (Å²) < 4.78 is 25.3. The van der Waals surface area contributed by atoms with Gasteiger partial charge >= 0.3 is 0 Å². The molecule has 2 aliphatic rings. The van der Waals surface area contributed by atoms with Crippen molar-refractivity contribution in [3.63, 3.8) is 0 Å². The van der Waals surface area contributed by atoms with Crippen molar-refractivity contribution in [2.75, 3.05) is 46.5 Å². The van der Waals surface area contributed by atoms with Crippen molar-refractivity contribution in [2.24, 2.45) is 5.92 Å². The number of halogens is 1. The van der Waals surface area contributed by atoms with Crippen LogP contribution in [0.1, 0.15) is 25.8 Å². The third-order valence-corrected chi connectivity index (χ3v) is 5.46. The highest BCUT2D eigenvalue weighted by atomic mass is 19.1. The Morgan fingerprint density at radius 1 is 1.32 bits per heavy atom. The van der Waals surface area contributed by atoms with Crippen LogP contribution < -0.4 is 0 Å². The van der Waals surface area contributed by atoms with Crippen molar-refractivity contribution in [3.05, 3.63) is 35.6 Å². The maximum absolute atomic E-state index is 13.1. The van der Waals surface area contributed by atoms with E-state index in [4.69, 9.17) is 9.47 Å². The van der Waals surface area contributed by atoms with Crippen LogP contribution in [0, 0.1) is 11.7 Å². The van der Waals surface area contributed by atoms with Gasteiger partial charge < -0.3 is 14.4 Å². The normalized spacial score (nSPS) is 28.2. The van der Waals surface area contributed by atoms with Crippen molar-refractivity contribution < 1.29 is 13.9 Å². The van der Waals surface area contributed by atoms with Gasteiger partial charge in [0.2, 0.25) is 0 Å². The fourth-order valence-corrected chi connectivity index (χ4v) is 3.85. The molecule has 2 fully saturated rings. The molecule has 140 valence electrons. The molecule has 3 rings (SSSR count).